The molecule has 0 unspecified atom stereocenters. The van der Waals surface area contributed by atoms with Crippen molar-refractivity contribution >= 4 is 0 Å². The number of rotatable bonds is 11. The normalized spacial score (nSPS) is 10.1. The van der Waals surface area contributed by atoms with E-state index < -0.39 is 0 Å². The van der Waals surface area contributed by atoms with E-state index in [0.717, 1.165) is 43.0 Å². The third-order valence-corrected chi connectivity index (χ3v) is 2.98. The second-order valence-electron chi connectivity index (χ2n) is 4.62. The Balaban J connectivity index is 2.44. The van der Waals surface area contributed by atoms with Crippen molar-refractivity contribution in [1.82, 2.24) is 5.32 Å². The summed E-state index contributed by atoms with van der Waals surface area (Å²) >= 11 is 0. The van der Waals surface area contributed by atoms with Crippen LogP contribution in [0.3, 0.4) is 0 Å². The first-order valence-corrected chi connectivity index (χ1v) is 7.18. The number of nitrogens with zero attached hydrogens (tertiary/aromatic N) is 1. The highest BCUT2D eigenvalue weighted by atomic mass is 16.5. The van der Waals surface area contributed by atoms with E-state index in [1.54, 1.807) is 14.2 Å². The zero-order valence-electron chi connectivity index (χ0n) is 12.9. The summed E-state index contributed by atoms with van der Waals surface area (Å²) in [5.74, 6) is 1.48. The molecule has 0 aromatic heterocycles. The van der Waals surface area contributed by atoms with Gasteiger partial charge in [-0.1, -0.05) is 6.07 Å². The average Bonchev–Trinajstić information content (AvgIpc) is 2.52. The molecule has 5 heteroatoms. The first-order chi connectivity index (χ1) is 10.3. The predicted octanol–water partition coefficient (Wildman–Crippen LogP) is 2.50. The molecule has 0 heterocycles. The monoisotopic (exact) mass is 292 g/mol. The van der Waals surface area contributed by atoms with Crippen molar-refractivity contribution < 1.29 is 14.2 Å². The molecule has 1 rings (SSSR count). The molecule has 0 bridgehead atoms. The Morgan fingerprint density at radius 1 is 1.14 bits per heavy atom. The zero-order valence-corrected chi connectivity index (χ0v) is 12.9. The Hall–Kier alpha value is -1.77. The van der Waals surface area contributed by atoms with E-state index in [-0.39, 0.29) is 0 Å². The molecular weight excluding hydrogens is 268 g/mol. The molecule has 0 saturated carbocycles. The highest BCUT2D eigenvalue weighted by Crippen LogP contribution is 2.28. The van der Waals surface area contributed by atoms with Crippen LogP contribution in [-0.4, -0.2) is 34.0 Å². The number of ether oxygens (including phenoxy) is 3. The van der Waals surface area contributed by atoms with Gasteiger partial charge in [0.15, 0.2) is 11.5 Å². The Labute approximate surface area is 126 Å². The molecule has 116 valence electrons. The Morgan fingerprint density at radius 3 is 2.71 bits per heavy atom. The molecule has 0 amide bonds. The van der Waals surface area contributed by atoms with Gasteiger partial charge in [0.1, 0.15) is 0 Å². The van der Waals surface area contributed by atoms with E-state index in [9.17, 15) is 0 Å². The van der Waals surface area contributed by atoms with Crippen LogP contribution < -0.4 is 14.8 Å². The molecule has 1 N–H and O–H groups in total. The first kappa shape index (κ1) is 17.3. The fourth-order valence-corrected chi connectivity index (χ4v) is 1.84. The van der Waals surface area contributed by atoms with Gasteiger partial charge >= 0.3 is 0 Å². The van der Waals surface area contributed by atoms with Crippen LogP contribution in [0.15, 0.2) is 18.2 Å². The van der Waals surface area contributed by atoms with Crippen molar-refractivity contribution in [2.45, 2.75) is 25.8 Å². The average molecular weight is 292 g/mol. The molecule has 21 heavy (non-hydrogen) atoms. The van der Waals surface area contributed by atoms with E-state index >= 15 is 0 Å². The van der Waals surface area contributed by atoms with E-state index in [2.05, 4.69) is 11.4 Å². The number of unbranched alkanes of at least 4 members (excludes halogenated alkanes) is 2. The molecule has 1 aromatic carbocycles. The second kappa shape index (κ2) is 11.0. The third-order valence-electron chi connectivity index (χ3n) is 2.98. The largest absolute Gasteiger partial charge is 0.493 e. The molecule has 0 radical (unpaired) electrons. The summed E-state index contributed by atoms with van der Waals surface area (Å²) in [5, 5.41) is 11.8. The van der Waals surface area contributed by atoms with Crippen molar-refractivity contribution in [3.8, 4) is 17.6 Å². The summed E-state index contributed by atoms with van der Waals surface area (Å²) in [4.78, 5) is 0. The molecule has 0 aliphatic heterocycles. The van der Waals surface area contributed by atoms with Crippen molar-refractivity contribution in [1.29, 1.82) is 5.26 Å². The highest BCUT2D eigenvalue weighted by molar-refractivity contribution is 5.42. The summed E-state index contributed by atoms with van der Waals surface area (Å²) < 4.78 is 16.0. The fraction of sp³-hybridized carbons (Fsp3) is 0.562. The minimum absolute atomic E-state index is 0.576. The van der Waals surface area contributed by atoms with E-state index in [0.29, 0.717) is 19.6 Å². The number of methoxy groups -OCH3 is 2. The molecule has 1 aromatic rings. The number of hydrogen-bond donors (Lipinski definition) is 1. The van der Waals surface area contributed by atoms with Gasteiger partial charge in [-0.15, -0.1) is 0 Å². The summed E-state index contributed by atoms with van der Waals surface area (Å²) in [6.07, 6.45) is 2.31. The maximum Gasteiger partial charge on any atom is 0.161 e. The lowest BCUT2D eigenvalue weighted by molar-refractivity contribution is 0.199. The number of nitriles is 1. The zero-order chi connectivity index (χ0) is 15.3. The predicted molar refractivity (Wildman–Crippen MR) is 81.5 cm³/mol. The van der Waals surface area contributed by atoms with Gasteiger partial charge in [-0.25, -0.2) is 0 Å². The van der Waals surface area contributed by atoms with E-state index in [1.807, 2.05) is 18.2 Å². The number of hydrogen-bond acceptors (Lipinski definition) is 5. The van der Waals surface area contributed by atoms with Gasteiger partial charge in [-0.05, 0) is 30.5 Å². The maximum absolute atomic E-state index is 8.48. The third kappa shape index (κ3) is 6.98. The van der Waals surface area contributed by atoms with Crippen LogP contribution >= 0.6 is 0 Å². The second-order valence-corrected chi connectivity index (χ2v) is 4.62. The van der Waals surface area contributed by atoms with Gasteiger partial charge in [0.05, 0.1) is 26.4 Å². The standard InChI is InChI=1S/C16H24N2O3/c1-19-11-9-18-13-14-6-7-15(16(12-14)20-2)21-10-5-3-4-8-17/h6-7,12,18H,3-5,9-11,13H2,1-2H3. The van der Waals surface area contributed by atoms with Gasteiger partial charge in [-0.3, -0.25) is 0 Å². The van der Waals surface area contributed by atoms with Gasteiger partial charge in [0.25, 0.3) is 0 Å². The van der Waals surface area contributed by atoms with Gasteiger partial charge in [0, 0.05) is 26.6 Å². The molecule has 0 spiro atoms. The lowest BCUT2D eigenvalue weighted by Crippen LogP contribution is -2.18. The fourth-order valence-electron chi connectivity index (χ4n) is 1.84. The molecule has 0 fully saturated rings. The number of nitrogens with one attached hydrogen (secondary N) is 1. The Morgan fingerprint density at radius 2 is 2.00 bits per heavy atom. The lowest BCUT2D eigenvalue weighted by atomic mass is 10.2. The quantitative estimate of drug-likeness (QED) is 0.635. The summed E-state index contributed by atoms with van der Waals surface area (Å²) in [7, 11) is 3.33. The van der Waals surface area contributed by atoms with Crippen LogP contribution in [0.5, 0.6) is 11.5 Å². The van der Waals surface area contributed by atoms with Gasteiger partial charge < -0.3 is 19.5 Å². The Kier molecular flexibility index (Phi) is 9.01. The Bertz CT molecular complexity index is 444. The molecule has 0 aliphatic carbocycles. The number of benzene rings is 1. The molecule has 5 nitrogen and oxygen atoms in total. The van der Waals surface area contributed by atoms with Crippen molar-refractivity contribution in [2.75, 3.05) is 34.0 Å². The SMILES string of the molecule is COCCNCc1ccc(OCCCCC#N)c(OC)c1. The van der Waals surface area contributed by atoms with Crippen LogP contribution in [0.25, 0.3) is 0 Å². The molecule has 0 saturated heterocycles. The first-order valence-electron chi connectivity index (χ1n) is 7.18. The smallest absolute Gasteiger partial charge is 0.161 e. The summed E-state index contributed by atoms with van der Waals surface area (Å²) in [6.45, 7) is 2.88. The van der Waals surface area contributed by atoms with Crippen molar-refractivity contribution in [3.63, 3.8) is 0 Å². The molecule has 0 aliphatic rings. The van der Waals surface area contributed by atoms with E-state index in [4.69, 9.17) is 19.5 Å². The van der Waals surface area contributed by atoms with Gasteiger partial charge in [-0.2, -0.15) is 5.26 Å². The van der Waals surface area contributed by atoms with Crippen LogP contribution in [-0.2, 0) is 11.3 Å². The summed E-state index contributed by atoms with van der Waals surface area (Å²) in [5.41, 5.74) is 1.14. The minimum Gasteiger partial charge on any atom is -0.493 e. The van der Waals surface area contributed by atoms with E-state index in [1.165, 1.54) is 0 Å². The van der Waals surface area contributed by atoms with Crippen LogP contribution in [0.1, 0.15) is 24.8 Å². The van der Waals surface area contributed by atoms with Crippen LogP contribution in [0, 0.1) is 11.3 Å². The van der Waals surface area contributed by atoms with Crippen LogP contribution in [0.2, 0.25) is 0 Å². The summed E-state index contributed by atoms with van der Waals surface area (Å²) in [6, 6.07) is 8.05. The van der Waals surface area contributed by atoms with Gasteiger partial charge in [0.2, 0.25) is 0 Å². The highest BCUT2D eigenvalue weighted by Gasteiger charge is 2.05. The van der Waals surface area contributed by atoms with Crippen LogP contribution in [0.4, 0.5) is 0 Å². The lowest BCUT2D eigenvalue weighted by Gasteiger charge is -2.12. The maximum atomic E-state index is 8.48. The topological polar surface area (TPSA) is 63.5 Å². The molecule has 0 atom stereocenters. The minimum atomic E-state index is 0.576. The molecular formula is C16H24N2O3. The van der Waals surface area contributed by atoms with Crippen molar-refractivity contribution in [3.05, 3.63) is 23.8 Å². The van der Waals surface area contributed by atoms with Crippen molar-refractivity contribution in [2.24, 2.45) is 0 Å².